The van der Waals surface area contributed by atoms with Crippen molar-refractivity contribution in [2.45, 2.75) is 12.8 Å². The summed E-state index contributed by atoms with van der Waals surface area (Å²) in [7, 11) is 0. The molecule has 0 fully saturated rings. The number of aromatic nitrogens is 3. The highest BCUT2D eigenvalue weighted by Crippen LogP contribution is 2.19. The lowest BCUT2D eigenvalue weighted by Crippen LogP contribution is -2.12. The average molecular weight is 419 g/mol. The molecule has 26 heavy (non-hydrogen) atoms. The molecular formula is C17H12BrFN4O3. The number of hydrogen-bond donors (Lipinski definition) is 1. The van der Waals surface area contributed by atoms with Crippen molar-refractivity contribution in [3.8, 4) is 0 Å². The van der Waals surface area contributed by atoms with E-state index in [1.54, 1.807) is 24.3 Å². The van der Waals surface area contributed by atoms with Crippen molar-refractivity contribution in [1.82, 2.24) is 15.3 Å². The zero-order valence-electron chi connectivity index (χ0n) is 13.3. The van der Waals surface area contributed by atoms with Crippen LogP contribution in [0.5, 0.6) is 0 Å². The van der Waals surface area contributed by atoms with Gasteiger partial charge in [0.25, 0.3) is 0 Å². The minimum atomic E-state index is -0.400. The van der Waals surface area contributed by atoms with Gasteiger partial charge in [0.1, 0.15) is 17.2 Å². The molecule has 0 saturated carbocycles. The predicted molar refractivity (Wildman–Crippen MR) is 92.7 cm³/mol. The summed E-state index contributed by atoms with van der Waals surface area (Å²) in [5, 5.41) is 20.1. The summed E-state index contributed by atoms with van der Waals surface area (Å²) < 4.78 is 18.4. The fraction of sp³-hybridized carbons (Fsp3) is 0.118. The molecule has 0 aliphatic rings. The maximum Gasteiger partial charge on any atom is 0.169 e. The van der Waals surface area contributed by atoms with Gasteiger partial charge in [0.2, 0.25) is 0 Å². The number of oxime groups is 1. The van der Waals surface area contributed by atoms with Crippen molar-refractivity contribution in [1.29, 1.82) is 0 Å². The Hall–Kier alpha value is -2.94. The van der Waals surface area contributed by atoms with Crippen molar-refractivity contribution >= 4 is 27.4 Å². The third-order valence-corrected chi connectivity index (χ3v) is 4.24. The van der Waals surface area contributed by atoms with Crippen molar-refractivity contribution in [2.75, 3.05) is 0 Å². The van der Waals surface area contributed by atoms with Crippen LogP contribution >= 0.6 is 15.9 Å². The van der Waals surface area contributed by atoms with E-state index in [-0.39, 0.29) is 35.7 Å². The largest absolute Gasteiger partial charge is 0.411 e. The van der Waals surface area contributed by atoms with Crippen molar-refractivity contribution < 1.29 is 19.0 Å². The molecular weight excluding hydrogens is 407 g/mol. The van der Waals surface area contributed by atoms with Crippen LogP contribution in [0.15, 0.2) is 57.0 Å². The van der Waals surface area contributed by atoms with Crippen LogP contribution in [-0.4, -0.2) is 32.0 Å². The monoisotopic (exact) mass is 418 g/mol. The van der Waals surface area contributed by atoms with Crippen LogP contribution in [0.25, 0.3) is 0 Å². The van der Waals surface area contributed by atoms with E-state index < -0.39 is 5.82 Å². The Morgan fingerprint density at radius 2 is 1.96 bits per heavy atom. The molecule has 0 bridgehead atoms. The molecule has 2 heterocycles. The van der Waals surface area contributed by atoms with Gasteiger partial charge in [-0.15, -0.1) is 0 Å². The minimum Gasteiger partial charge on any atom is -0.411 e. The number of rotatable bonds is 6. The van der Waals surface area contributed by atoms with Crippen LogP contribution in [0.4, 0.5) is 4.39 Å². The van der Waals surface area contributed by atoms with Gasteiger partial charge in [0.05, 0.1) is 10.9 Å². The van der Waals surface area contributed by atoms with Gasteiger partial charge in [-0.05, 0) is 50.9 Å². The van der Waals surface area contributed by atoms with E-state index in [4.69, 9.17) is 4.63 Å². The molecule has 7 nitrogen and oxygen atoms in total. The molecule has 0 unspecified atom stereocenters. The van der Waals surface area contributed by atoms with E-state index in [9.17, 15) is 14.4 Å². The molecule has 0 aliphatic carbocycles. The number of carbonyl (C=O) groups excluding carboxylic acids is 1. The lowest BCUT2D eigenvalue weighted by Gasteiger charge is -2.04. The molecule has 0 radical (unpaired) electrons. The van der Waals surface area contributed by atoms with Crippen molar-refractivity contribution in [2.24, 2.45) is 5.16 Å². The third-order valence-electron chi connectivity index (χ3n) is 3.64. The van der Waals surface area contributed by atoms with Gasteiger partial charge >= 0.3 is 0 Å². The van der Waals surface area contributed by atoms with Gasteiger partial charge < -0.3 is 5.21 Å². The third kappa shape index (κ3) is 3.99. The van der Waals surface area contributed by atoms with E-state index in [0.29, 0.717) is 15.6 Å². The number of hydrogen-bond acceptors (Lipinski definition) is 7. The molecule has 1 N–H and O–H groups in total. The Morgan fingerprint density at radius 1 is 1.19 bits per heavy atom. The fourth-order valence-electron chi connectivity index (χ4n) is 2.34. The lowest BCUT2D eigenvalue weighted by molar-refractivity contribution is 0.0990. The summed E-state index contributed by atoms with van der Waals surface area (Å²) in [6, 6.07) is 7.60. The maximum atomic E-state index is 13.4. The molecule has 3 rings (SSSR count). The van der Waals surface area contributed by atoms with Gasteiger partial charge in [-0.3, -0.25) is 9.78 Å². The van der Waals surface area contributed by atoms with Gasteiger partial charge in [0.15, 0.2) is 11.5 Å². The van der Waals surface area contributed by atoms with E-state index in [2.05, 4.69) is 36.4 Å². The van der Waals surface area contributed by atoms with Crippen LogP contribution in [0.3, 0.4) is 0 Å². The highest BCUT2D eigenvalue weighted by Gasteiger charge is 2.21. The first kappa shape index (κ1) is 17.9. The van der Waals surface area contributed by atoms with Gasteiger partial charge in [-0.1, -0.05) is 16.4 Å². The average Bonchev–Trinajstić information content (AvgIpc) is 3.11. The number of pyridine rings is 1. The maximum absolute atomic E-state index is 13.4. The highest BCUT2D eigenvalue weighted by molar-refractivity contribution is 9.10. The Labute approximate surface area is 155 Å². The fourth-order valence-corrected chi connectivity index (χ4v) is 2.77. The predicted octanol–water partition coefficient (Wildman–Crippen LogP) is 3.21. The van der Waals surface area contributed by atoms with Crippen LogP contribution in [0.1, 0.15) is 27.3 Å². The summed E-state index contributed by atoms with van der Waals surface area (Å²) >= 11 is 3.11. The van der Waals surface area contributed by atoms with Crippen LogP contribution in [0, 0.1) is 5.82 Å². The number of halogens is 2. The van der Waals surface area contributed by atoms with Crippen LogP contribution in [0.2, 0.25) is 0 Å². The molecule has 2 aromatic heterocycles. The zero-order chi connectivity index (χ0) is 18.5. The smallest absolute Gasteiger partial charge is 0.169 e. The lowest BCUT2D eigenvalue weighted by atomic mass is 10.0. The molecule has 3 aromatic rings. The molecule has 9 heteroatoms. The molecule has 0 atom stereocenters. The summed E-state index contributed by atoms with van der Waals surface area (Å²) in [4.78, 5) is 16.2. The second-order valence-electron chi connectivity index (χ2n) is 5.37. The molecule has 0 saturated heterocycles. The quantitative estimate of drug-likeness (QED) is 0.285. The Kier molecular flexibility index (Phi) is 5.47. The van der Waals surface area contributed by atoms with Gasteiger partial charge in [0, 0.05) is 24.4 Å². The summed E-state index contributed by atoms with van der Waals surface area (Å²) in [5.41, 5.74) is 1.73. The Morgan fingerprint density at radius 3 is 2.65 bits per heavy atom. The summed E-state index contributed by atoms with van der Waals surface area (Å²) in [6.45, 7) is 0. The first-order chi connectivity index (χ1) is 12.6. The Bertz CT molecular complexity index is 960. The molecule has 132 valence electrons. The van der Waals surface area contributed by atoms with E-state index in [1.807, 2.05) is 0 Å². The SMILES string of the molecule is O=C(Cc1nonc1/C(Cc1ccc(F)c(Br)c1)=N/O)c1ccncc1. The second kappa shape index (κ2) is 7.96. The van der Waals surface area contributed by atoms with E-state index in [0.717, 1.165) is 0 Å². The van der Waals surface area contributed by atoms with E-state index >= 15 is 0 Å². The number of nitrogens with zero attached hydrogens (tertiary/aromatic N) is 4. The first-order valence-electron chi connectivity index (χ1n) is 7.48. The minimum absolute atomic E-state index is 0.0744. The normalized spacial score (nSPS) is 11.5. The summed E-state index contributed by atoms with van der Waals surface area (Å²) in [6.07, 6.45) is 3.11. The van der Waals surface area contributed by atoms with Crippen molar-refractivity contribution in [3.63, 3.8) is 0 Å². The number of benzene rings is 1. The zero-order valence-corrected chi connectivity index (χ0v) is 14.9. The number of Topliss-reactive ketones (excluding diaryl/α,β-unsaturated/α-hetero) is 1. The summed E-state index contributed by atoms with van der Waals surface area (Å²) in [5.74, 6) is -0.603. The van der Waals surface area contributed by atoms with Crippen molar-refractivity contribution in [3.05, 3.63) is 75.5 Å². The Balaban J connectivity index is 1.81. The van der Waals surface area contributed by atoms with Gasteiger partial charge in [-0.25, -0.2) is 9.02 Å². The van der Waals surface area contributed by atoms with Gasteiger partial charge in [-0.2, -0.15) is 0 Å². The highest BCUT2D eigenvalue weighted by atomic mass is 79.9. The number of carbonyl (C=O) groups is 1. The topological polar surface area (TPSA) is 101 Å². The van der Waals surface area contributed by atoms with E-state index in [1.165, 1.54) is 18.5 Å². The molecule has 0 aliphatic heterocycles. The van der Waals surface area contributed by atoms with Crippen LogP contribution in [-0.2, 0) is 12.8 Å². The molecule has 1 aromatic carbocycles. The van der Waals surface area contributed by atoms with Crippen LogP contribution < -0.4 is 0 Å². The molecule has 0 spiro atoms. The number of ketones is 1. The second-order valence-corrected chi connectivity index (χ2v) is 6.22. The standard InChI is InChI=1S/C17H12BrFN4O3/c18-12-7-10(1-2-13(12)19)8-14(21-25)17-15(22-26-23-17)9-16(24)11-3-5-20-6-4-11/h1-7,25H,8-9H2/b21-14+. The molecule has 0 amide bonds. The first-order valence-corrected chi connectivity index (χ1v) is 8.27.